The van der Waals surface area contributed by atoms with E-state index in [0.717, 1.165) is 21.2 Å². The molecule has 0 unspecified atom stereocenters. The van der Waals surface area contributed by atoms with E-state index in [0.29, 0.717) is 6.54 Å². The summed E-state index contributed by atoms with van der Waals surface area (Å²) >= 11 is 3.48. The van der Waals surface area contributed by atoms with Crippen LogP contribution in [0.2, 0.25) is 0 Å². The molecule has 0 radical (unpaired) electrons. The van der Waals surface area contributed by atoms with Crippen molar-refractivity contribution in [3.05, 3.63) is 64.4 Å². The minimum atomic E-state index is 0. The number of anilines is 1. The largest absolute Gasteiger partial charge is 1.00 e. The fourth-order valence-corrected chi connectivity index (χ4v) is 2.78. The Morgan fingerprint density at radius 2 is 2.05 bits per heavy atom. The summed E-state index contributed by atoms with van der Waals surface area (Å²) in [6.07, 6.45) is 3.82. The van der Waals surface area contributed by atoms with Crippen molar-refractivity contribution in [2.45, 2.75) is 13.5 Å². The highest BCUT2D eigenvalue weighted by Gasteiger charge is 2.10. The zero-order valence-electron chi connectivity index (χ0n) is 11.6. The van der Waals surface area contributed by atoms with E-state index in [-0.39, 0.29) is 17.0 Å². The number of halogens is 2. The van der Waals surface area contributed by atoms with Crippen molar-refractivity contribution in [1.29, 1.82) is 0 Å². The number of hydrogen-bond acceptors (Lipinski definition) is 2. The van der Waals surface area contributed by atoms with Crippen molar-refractivity contribution in [3.8, 4) is 0 Å². The number of rotatable bonds is 2. The first-order valence-corrected chi connectivity index (χ1v) is 7.21. The third-order valence-corrected chi connectivity index (χ3v) is 3.76. The molecule has 0 spiro atoms. The highest BCUT2D eigenvalue weighted by atomic mass is 79.9. The van der Waals surface area contributed by atoms with Crippen molar-refractivity contribution >= 4 is 32.7 Å². The third-order valence-electron chi connectivity index (χ3n) is 3.29. The topological polar surface area (TPSA) is 42.8 Å². The van der Waals surface area contributed by atoms with Crippen LogP contribution in [-0.2, 0) is 6.54 Å². The summed E-state index contributed by atoms with van der Waals surface area (Å²) in [5.41, 5.74) is 9.48. The summed E-state index contributed by atoms with van der Waals surface area (Å²) in [5.74, 6) is 0.735. The van der Waals surface area contributed by atoms with E-state index < -0.39 is 0 Å². The van der Waals surface area contributed by atoms with E-state index in [1.807, 2.05) is 35.2 Å². The van der Waals surface area contributed by atoms with Gasteiger partial charge in [-0.15, -0.1) is 0 Å². The Balaban J connectivity index is 0.00000161. The van der Waals surface area contributed by atoms with Gasteiger partial charge in [-0.2, -0.15) is 0 Å². The molecule has 3 nitrogen and oxygen atoms in total. The number of hydrogen-bond donors (Lipinski definition) is 1. The first-order chi connectivity index (χ1) is 9.63. The fraction of sp³-hybridized carbons (Fsp3) is 0.125. The SMILES string of the molecule is Cc1cc(C[n+]2cc(Br)ccc2N)c2ncccc2c1.[Br-]. The predicted octanol–water partition coefficient (Wildman–Crippen LogP) is 0.228. The summed E-state index contributed by atoms with van der Waals surface area (Å²) < 4.78 is 3.03. The molecule has 2 heterocycles. The zero-order valence-corrected chi connectivity index (χ0v) is 14.7. The van der Waals surface area contributed by atoms with E-state index in [2.05, 4.69) is 46.0 Å². The number of benzene rings is 1. The van der Waals surface area contributed by atoms with Gasteiger partial charge in [0.1, 0.15) is 12.7 Å². The van der Waals surface area contributed by atoms with Crippen molar-refractivity contribution in [3.63, 3.8) is 0 Å². The van der Waals surface area contributed by atoms with Gasteiger partial charge in [-0.1, -0.05) is 6.07 Å². The maximum Gasteiger partial charge on any atom is 0.272 e. The second-order valence-corrected chi connectivity index (χ2v) is 5.81. The number of pyridine rings is 2. The predicted molar refractivity (Wildman–Crippen MR) is 84.3 cm³/mol. The van der Waals surface area contributed by atoms with Crippen LogP contribution in [0.5, 0.6) is 0 Å². The van der Waals surface area contributed by atoms with Gasteiger partial charge in [0.15, 0.2) is 0 Å². The van der Waals surface area contributed by atoms with E-state index >= 15 is 0 Å². The molecule has 2 N–H and O–H groups in total. The Labute approximate surface area is 142 Å². The van der Waals surface area contributed by atoms with Crippen molar-refractivity contribution in [2.24, 2.45) is 0 Å². The smallest absolute Gasteiger partial charge is 0.272 e. The van der Waals surface area contributed by atoms with Crippen LogP contribution in [-0.4, -0.2) is 4.98 Å². The first-order valence-electron chi connectivity index (χ1n) is 6.42. The monoisotopic (exact) mass is 407 g/mol. The molecule has 5 heteroatoms. The summed E-state index contributed by atoms with van der Waals surface area (Å²) in [6.45, 7) is 2.81. The van der Waals surface area contributed by atoms with Crippen LogP contribution in [0.1, 0.15) is 11.1 Å². The van der Waals surface area contributed by atoms with E-state index in [4.69, 9.17) is 5.73 Å². The van der Waals surface area contributed by atoms with Gasteiger partial charge in [-0.05, 0) is 52.7 Å². The fourth-order valence-electron chi connectivity index (χ4n) is 2.40. The minimum absolute atomic E-state index is 0. The van der Waals surface area contributed by atoms with Gasteiger partial charge in [-0.25, -0.2) is 4.57 Å². The number of aromatic nitrogens is 2. The van der Waals surface area contributed by atoms with E-state index in [1.54, 1.807) is 0 Å². The van der Waals surface area contributed by atoms with Gasteiger partial charge in [0.25, 0.3) is 5.82 Å². The molecule has 0 saturated heterocycles. The number of nitrogens with two attached hydrogens (primary N) is 1. The molecule has 1 aromatic carbocycles. The third kappa shape index (κ3) is 3.41. The van der Waals surface area contributed by atoms with Gasteiger partial charge >= 0.3 is 0 Å². The normalized spacial score (nSPS) is 10.4. The van der Waals surface area contributed by atoms with Gasteiger partial charge in [0.2, 0.25) is 0 Å². The Hall–Kier alpha value is -1.46. The van der Waals surface area contributed by atoms with Crippen LogP contribution >= 0.6 is 15.9 Å². The van der Waals surface area contributed by atoms with E-state index in [9.17, 15) is 0 Å². The van der Waals surface area contributed by atoms with Crippen LogP contribution in [0, 0.1) is 6.92 Å². The maximum absolute atomic E-state index is 6.04. The van der Waals surface area contributed by atoms with Gasteiger partial charge in [0, 0.05) is 23.2 Å². The molecular weight excluding hydrogens is 394 g/mol. The second kappa shape index (κ2) is 6.54. The molecule has 0 fully saturated rings. The molecule has 3 rings (SSSR count). The standard InChI is InChI=1S/C16H14BrN3.BrH/c1-11-7-12-3-2-6-19-16(12)13(8-11)9-20-10-14(17)4-5-15(20)18;/h2-8,10,18H,9H2,1H3;1H. The Kier molecular flexibility index (Phi) is 4.96. The lowest BCUT2D eigenvalue weighted by molar-refractivity contribution is -0.674. The van der Waals surface area contributed by atoms with Crippen LogP contribution in [0.4, 0.5) is 5.82 Å². The van der Waals surface area contributed by atoms with Crippen LogP contribution in [0.3, 0.4) is 0 Å². The molecule has 0 aliphatic rings. The summed E-state index contributed by atoms with van der Waals surface area (Å²) in [6, 6.07) is 12.2. The van der Waals surface area contributed by atoms with Crippen LogP contribution in [0.25, 0.3) is 10.9 Å². The van der Waals surface area contributed by atoms with Crippen LogP contribution in [0.15, 0.2) is 53.3 Å². The molecule has 0 atom stereocenters. The molecule has 0 amide bonds. The Bertz CT molecular complexity index is 788. The molecule has 0 aliphatic carbocycles. The molecule has 21 heavy (non-hydrogen) atoms. The van der Waals surface area contributed by atoms with Gasteiger partial charge < -0.3 is 17.0 Å². The molecule has 2 aromatic heterocycles. The van der Waals surface area contributed by atoms with Crippen LogP contribution < -0.4 is 27.3 Å². The number of nitrogen functional groups attached to an aromatic ring is 1. The highest BCUT2D eigenvalue weighted by Crippen LogP contribution is 2.19. The highest BCUT2D eigenvalue weighted by molar-refractivity contribution is 9.10. The maximum atomic E-state index is 6.04. The Morgan fingerprint density at radius 1 is 1.24 bits per heavy atom. The number of fused-ring (bicyclic) bond motifs is 1. The Morgan fingerprint density at radius 3 is 2.86 bits per heavy atom. The van der Waals surface area contributed by atoms with Gasteiger partial charge in [-0.3, -0.25) is 10.7 Å². The molecular formula is C16H15Br2N3. The summed E-state index contributed by atoms with van der Waals surface area (Å²) in [7, 11) is 0. The van der Waals surface area contributed by atoms with Crippen molar-refractivity contribution in [2.75, 3.05) is 5.73 Å². The summed E-state index contributed by atoms with van der Waals surface area (Å²) in [5, 5.41) is 1.16. The van der Waals surface area contributed by atoms with Crippen molar-refractivity contribution < 1.29 is 21.5 Å². The summed E-state index contributed by atoms with van der Waals surface area (Å²) in [4.78, 5) is 4.50. The lowest BCUT2D eigenvalue weighted by atomic mass is 10.1. The minimum Gasteiger partial charge on any atom is -1.00 e. The van der Waals surface area contributed by atoms with Gasteiger partial charge in [0.05, 0.1) is 9.99 Å². The second-order valence-electron chi connectivity index (χ2n) is 4.90. The molecule has 0 aliphatic heterocycles. The van der Waals surface area contributed by atoms with Crippen molar-refractivity contribution in [1.82, 2.24) is 4.98 Å². The first kappa shape index (κ1) is 15.9. The van der Waals surface area contributed by atoms with E-state index in [1.165, 1.54) is 11.1 Å². The molecule has 0 saturated carbocycles. The number of aryl methyl sites for hydroxylation is 1. The average molecular weight is 409 g/mol. The lowest BCUT2D eigenvalue weighted by Crippen LogP contribution is -3.00. The lowest BCUT2D eigenvalue weighted by Gasteiger charge is -2.08. The quantitative estimate of drug-likeness (QED) is 0.617. The molecule has 108 valence electrons. The number of nitrogens with zero attached hydrogens (tertiary/aromatic N) is 2. The average Bonchev–Trinajstić information content (AvgIpc) is 2.43. The zero-order chi connectivity index (χ0) is 14.1. The molecule has 3 aromatic rings. The molecule has 0 bridgehead atoms.